The van der Waals surface area contributed by atoms with Crippen molar-refractivity contribution in [2.24, 2.45) is 0 Å². The van der Waals surface area contributed by atoms with E-state index in [9.17, 15) is 21.6 Å². The van der Waals surface area contributed by atoms with Crippen LogP contribution in [0.5, 0.6) is 0 Å². The number of benzene rings is 1. The molecule has 1 aliphatic rings. The maximum absolute atomic E-state index is 12.7. The van der Waals surface area contributed by atoms with Crippen molar-refractivity contribution in [3.8, 4) is 0 Å². The van der Waals surface area contributed by atoms with Gasteiger partial charge in [-0.1, -0.05) is 13.0 Å². The highest BCUT2D eigenvalue weighted by Crippen LogP contribution is 2.31. The highest BCUT2D eigenvalue weighted by atomic mass is 32.2. The Morgan fingerprint density at radius 1 is 1.14 bits per heavy atom. The fourth-order valence-electron chi connectivity index (χ4n) is 2.49. The fraction of sp³-hybridized carbons (Fsp3) is 0.571. The van der Waals surface area contributed by atoms with Gasteiger partial charge in [-0.2, -0.15) is 17.5 Å². The molecule has 0 saturated carbocycles. The van der Waals surface area contributed by atoms with Gasteiger partial charge in [-0.05, 0) is 31.2 Å². The Hall–Kier alpha value is -1.12. The van der Waals surface area contributed by atoms with Crippen molar-refractivity contribution in [1.29, 1.82) is 0 Å². The van der Waals surface area contributed by atoms with Crippen molar-refractivity contribution in [3.05, 3.63) is 29.8 Å². The Morgan fingerprint density at radius 3 is 2.32 bits per heavy atom. The standard InChI is InChI=1S/C14H19F3N2O2S/c1-2-6-18-7-9-19(10-8-18)22(20,21)13-5-3-4-12(11-13)14(15,16)17/h3-5,11H,2,6-10H2,1H3. The summed E-state index contributed by atoms with van der Waals surface area (Å²) in [6.07, 6.45) is -3.56. The van der Waals surface area contributed by atoms with Crippen LogP contribution in [0.4, 0.5) is 13.2 Å². The lowest BCUT2D eigenvalue weighted by atomic mass is 10.2. The van der Waals surface area contributed by atoms with Gasteiger partial charge in [-0.25, -0.2) is 8.42 Å². The van der Waals surface area contributed by atoms with Crippen molar-refractivity contribution in [3.63, 3.8) is 0 Å². The van der Waals surface area contributed by atoms with Gasteiger partial charge in [0.1, 0.15) is 0 Å². The minimum Gasteiger partial charge on any atom is -0.301 e. The molecule has 1 fully saturated rings. The maximum atomic E-state index is 12.7. The van der Waals surface area contributed by atoms with E-state index in [2.05, 4.69) is 4.90 Å². The van der Waals surface area contributed by atoms with E-state index in [1.165, 1.54) is 10.4 Å². The van der Waals surface area contributed by atoms with Crippen LogP contribution in [0.3, 0.4) is 0 Å². The van der Waals surface area contributed by atoms with Crippen molar-refractivity contribution in [2.75, 3.05) is 32.7 Å². The lowest BCUT2D eigenvalue weighted by Crippen LogP contribution is -2.48. The van der Waals surface area contributed by atoms with Crippen LogP contribution in [0.15, 0.2) is 29.2 Å². The van der Waals surface area contributed by atoms with E-state index in [0.29, 0.717) is 32.2 Å². The Kier molecular flexibility index (Phi) is 5.14. The van der Waals surface area contributed by atoms with Crippen molar-refractivity contribution < 1.29 is 21.6 Å². The molecule has 1 aromatic rings. The Balaban J connectivity index is 2.18. The third-order valence-corrected chi connectivity index (χ3v) is 5.56. The summed E-state index contributed by atoms with van der Waals surface area (Å²) in [5, 5.41) is 0. The minimum atomic E-state index is -4.55. The van der Waals surface area contributed by atoms with Gasteiger partial charge in [0.05, 0.1) is 10.5 Å². The van der Waals surface area contributed by atoms with Gasteiger partial charge in [-0.15, -0.1) is 0 Å². The first kappa shape index (κ1) is 17.2. The smallest absolute Gasteiger partial charge is 0.301 e. The van der Waals surface area contributed by atoms with Crippen LogP contribution in [0.2, 0.25) is 0 Å². The number of sulfonamides is 1. The second kappa shape index (κ2) is 6.55. The molecule has 0 aromatic heterocycles. The third-order valence-electron chi connectivity index (χ3n) is 3.67. The van der Waals surface area contributed by atoms with Gasteiger partial charge in [0.25, 0.3) is 0 Å². The van der Waals surface area contributed by atoms with E-state index in [-0.39, 0.29) is 4.90 Å². The van der Waals surface area contributed by atoms with Gasteiger partial charge in [0.2, 0.25) is 10.0 Å². The summed E-state index contributed by atoms with van der Waals surface area (Å²) in [6, 6.07) is 3.91. The predicted octanol–water partition coefficient (Wildman–Crippen LogP) is 2.42. The van der Waals surface area contributed by atoms with Crippen molar-refractivity contribution in [2.45, 2.75) is 24.4 Å². The van der Waals surface area contributed by atoms with Crippen molar-refractivity contribution in [1.82, 2.24) is 9.21 Å². The molecule has 4 nitrogen and oxygen atoms in total. The van der Waals surface area contributed by atoms with Crippen LogP contribution in [-0.2, 0) is 16.2 Å². The molecule has 0 spiro atoms. The topological polar surface area (TPSA) is 40.6 Å². The maximum Gasteiger partial charge on any atom is 0.416 e. The monoisotopic (exact) mass is 336 g/mol. The molecule has 22 heavy (non-hydrogen) atoms. The summed E-state index contributed by atoms with van der Waals surface area (Å²) in [7, 11) is -3.88. The summed E-state index contributed by atoms with van der Waals surface area (Å²) in [5.74, 6) is 0. The molecule has 1 aromatic carbocycles. The summed E-state index contributed by atoms with van der Waals surface area (Å²) in [6.45, 7) is 4.76. The first-order chi connectivity index (χ1) is 10.2. The summed E-state index contributed by atoms with van der Waals surface area (Å²) < 4.78 is 64.4. The zero-order valence-corrected chi connectivity index (χ0v) is 13.1. The summed E-state index contributed by atoms with van der Waals surface area (Å²) in [5.41, 5.74) is -0.946. The molecule has 2 rings (SSSR count). The third kappa shape index (κ3) is 3.80. The number of hydrogen-bond acceptors (Lipinski definition) is 3. The normalized spacial score (nSPS) is 18.5. The predicted molar refractivity (Wildman–Crippen MR) is 76.9 cm³/mol. The van der Waals surface area contributed by atoms with E-state index in [0.717, 1.165) is 25.1 Å². The SMILES string of the molecule is CCCN1CCN(S(=O)(=O)c2cccc(C(F)(F)F)c2)CC1. The van der Waals surface area contributed by atoms with Crippen molar-refractivity contribution >= 4 is 10.0 Å². The molecule has 0 atom stereocenters. The van der Waals surface area contributed by atoms with Crippen LogP contribution in [0, 0.1) is 0 Å². The molecule has 1 saturated heterocycles. The molecule has 0 N–H and O–H groups in total. The van der Waals surface area contributed by atoms with E-state index in [4.69, 9.17) is 0 Å². The van der Waals surface area contributed by atoms with Crippen LogP contribution >= 0.6 is 0 Å². The number of nitrogens with zero attached hydrogens (tertiary/aromatic N) is 2. The zero-order valence-electron chi connectivity index (χ0n) is 12.3. The highest BCUT2D eigenvalue weighted by Gasteiger charge is 2.33. The fourth-order valence-corrected chi connectivity index (χ4v) is 3.96. The molecule has 0 aliphatic carbocycles. The van der Waals surface area contributed by atoms with Crippen LogP contribution in [-0.4, -0.2) is 50.3 Å². The van der Waals surface area contributed by atoms with Gasteiger partial charge in [-0.3, -0.25) is 0 Å². The molecule has 0 unspecified atom stereocenters. The quantitative estimate of drug-likeness (QED) is 0.848. The second-order valence-corrected chi connectivity index (χ2v) is 7.21. The van der Waals surface area contributed by atoms with Crippen LogP contribution in [0.1, 0.15) is 18.9 Å². The average molecular weight is 336 g/mol. The van der Waals surface area contributed by atoms with E-state index in [1.807, 2.05) is 6.92 Å². The molecular formula is C14H19F3N2O2S. The molecule has 0 radical (unpaired) electrons. The number of piperazine rings is 1. The minimum absolute atomic E-state index is 0.300. The molecule has 8 heteroatoms. The second-order valence-electron chi connectivity index (χ2n) is 5.27. The highest BCUT2D eigenvalue weighted by molar-refractivity contribution is 7.89. The molecule has 124 valence electrons. The molecule has 1 aliphatic heterocycles. The molecular weight excluding hydrogens is 317 g/mol. The lowest BCUT2D eigenvalue weighted by molar-refractivity contribution is -0.137. The average Bonchev–Trinajstić information content (AvgIpc) is 2.47. The van der Waals surface area contributed by atoms with Gasteiger partial charge in [0.15, 0.2) is 0 Å². The molecule has 0 amide bonds. The van der Waals surface area contributed by atoms with Crippen LogP contribution in [0.25, 0.3) is 0 Å². The lowest BCUT2D eigenvalue weighted by Gasteiger charge is -2.33. The van der Waals surface area contributed by atoms with Crippen LogP contribution < -0.4 is 0 Å². The largest absolute Gasteiger partial charge is 0.416 e. The van der Waals surface area contributed by atoms with E-state index in [1.54, 1.807) is 0 Å². The van der Waals surface area contributed by atoms with E-state index < -0.39 is 21.8 Å². The number of alkyl halides is 3. The molecule has 1 heterocycles. The first-order valence-corrected chi connectivity index (χ1v) is 8.59. The Morgan fingerprint density at radius 2 is 1.77 bits per heavy atom. The zero-order chi connectivity index (χ0) is 16.4. The van der Waals surface area contributed by atoms with Gasteiger partial charge < -0.3 is 4.90 Å². The van der Waals surface area contributed by atoms with Gasteiger partial charge >= 0.3 is 6.18 Å². The first-order valence-electron chi connectivity index (χ1n) is 7.15. The molecule has 0 bridgehead atoms. The number of hydrogen-bond donors (Lipinski definition) is 0. The Bertz CT molecular complexity index is 609. The summed E-state index contributed by atoms with van der Waals surface area (Å²) >= 11 is 0. The Labute approximate surface area is 128 Å². The summed E-state index contributed by atoms with van der Waals surface area (Å²) in [4.78, 5) is 1.85. The number of rotatable bonds is 4. The number of halogens is 3. The van der Waals surface area contributed by atoms with E-state index >= 15 is 0 Å². The van der Waals surface area contributed by atoms with Gasteiger partial charge in [0, 0.05) is 26.2 Å².